The van der Waals surface area contributed by atoms with Crippen LogP contribution in [0.1, 0.15) is 35.0 Å². The lowest BCUT2D eigenvalue weighted by Crippen LogP contribution is -2.37. The molecule has 2 N–H and O–H groups in total. The normalized spacial score (nSPS) is 14.7. The van der Waals surface area contributed by atoms with Gasteiger partial charge < -0.3 is 14.8 Å². The van der Waals surface area contributed by atoms with Crippen LogP contribution in [0.2, 0.25) is 0 Å². The molecule has 162 valence electrons. The highest BCUT2D eigenvalue weighted by Gasteiger charge is 2.32. The van der Waals surface area contributed by atoms with Crippen molar-refractivity contribution in [3.8, 4) is 5.75 Å². The Morgan fingerprint density at radius 2 is 1.90 bits per heavy atom. The van der Waals surface area contributed by atoms with Gasteiger partial charge in [0.15, 0.2) is 6.10 Å². The van der Waals surface area contributed by atoms with Crippen LogP contribution in [0.5, 0.6) is 5.75 Å². The lowest BCUT2D eigenvalue weighted by atomic mass is 10.1. The average Bonchev–Trinajstić information content (AvgIpc) is 3.36. The Hall–Kier alpha value is -2.43. The van der Waals surface area contributed by atoms with Crippen molar-refractivity contribution in [3.63, 3.8) is 0 Å². The molecule has 8 nitrogen and oxygen atoms in total. The number of amides is 1. The van der Waals surface area contributed by atoms with Crippen LogP contribution in [0.4, 0.5) is 0 Å². The van der Waals surface area contributed by atoms with Crippen LogP contribution in [0.25, 0.3) is 0 Å². The molecule has 0 radical (unpaired) electrons. The van der Waals surface area contributed by atoms with Gasteiger partial charge in [0.1, 0.15) is 15.5 Å². The molecule has 1 aromatic carbocycles. The number of nitrogens with one attached hydrogen (secondary N) is 2. The van der Waals surface area contributed by atoms with E-state index < -0.39 is 28.0 Å². The van der Waals surface area contributed by atoms with Gasteiger partial charge in [0, 0.05) is 12.6 Å². The van der Waals surface area contributed by atoms with Crippen LogP contribution in [-0.4, -0.2) is 46.1 Å². The molecule has 1 unspecified atom stereocenters. The monoisotopic (exact) mass is 452 g/mol. The number of methoxy groups -OCH3 is 1. The van der Waals surface area contributed by atoms with E-state index in [9.17, 15) is 18.0 Å². The number of esters is 1. The molecule has 30 heavy (non-hydrogen) atoms. The Labute approximate surface area is 179 Å². The van der Waals surface area contributed by atoms with Gasteiger partial charge >= 0.3 is 5.97 Å². The van der Waals surface area contributed by atoms with Crippen molar-refractivity contribution in [3.05, 3.63) is 46.2 Å². The summed E-state index contributed by atoms with van der Waals surface area (Å²) in [6.07, 6.45) is 1.13. The van der Waals surface area contributed by atoms with E-state index in [2.05, 4.69) is 10.0 Å². The number of ether oxygens (including phenoxy) is 2. The molecule has 1 aliphatic carbocycles. The maximum Gasteiger partial charge on any atom is 0.350 e. The Bertz CT molecular complexity index is 997. The second-order valence-electron chi connectivity index (χ2n) is 6.95. The van der Waals surface area contributed by atoms with E-state index in [0.29, 0.717) is 13.0 Å². The lowest BCUT2D eigenvalue weighted by molar-refractivity contribution is -0.129. The van der Waals surface area contributed by atoms with Crippen molar-refractivity contribution in [1.29, 1.82) is 0 Å². The standard InChI is InChI=1S/C20H24N2O6S2/c1-13(19(23)21-11-9-14-3-7-16(27-2)8-4-14)28-20(24)18-17(10-12-29-18)30(25,26)22-15-5-6-15/h3-4,7-8,10,12-13,15,22H,5-6,9,11H2,1-2H3,(H,21,23). The van der Waals surface area contributed by atoms with Crippen LogP contribution in [0.3, 0.4) is 0 Å². The van der Waals surface area contributed by atoms with Crippen LogP contribution in [0, 0.1) is 0 Å². The average molecular weight is 453 g/mol. The molecule has 1 aliphatic rings. The third-order valence-corrected chi connectivity index (χ3v) is 7.11. The highest BCUT2D eigenvalue weighted by atomic mass is 32.2. The minimum absolute atomic E-state index is 0.0407. The number of hydrogen-bond acceptors (Lipinski definition) is 7. The molecule has 3 rings (SSSR count). The first-order chi connectivity index (χ1) is 14.3. The third kappa shape index (κ3) is 5.80. The van der Waals surface area contributed by atoms with E-state index in [1.807, 2.05) is 24.3 Å². The van der Waals surface area contributed by atoms with Crippen molar-refractivity contribution in [2.75, 3.05) is 13.7 Å². The first-order valence-corrected chi connectivity index (χ1v) is 11.9. The first-order valence-electron chi connectivity index (χ1n) is 9.51. The van der Waals surface area contributed by atoms with Crippen LogP contribution >= 0.6 is 11.3 Å². The molecule has 1 amide bonds. The summed E-state index contributed by atoms with van der Waals surface area (Å²) < 4.78 is 37.6. The maximum absolute atomic E-state index is 12.4. The van der Waals surface area contributed by atoms with Crippen LogP contribution < -0.4 is 14.8 Å². The SMILES string of the molecule is COc1ccc(CCNC(=O)C(C)OC(=O)c2sccc2S(=O)(=O)NC2CC2)cc1. The number of carbonyl (C=O) groups is 2. The molecule has 10 heteroatoms. The fourth-order valence-corrected chi connectivity index (χ4v) is 5.28. The van der Waals surface area contributed by atoms with Gasteiger partial charge in [0.2, 0.25) is 10.0 Å². The quantitative estimate of drug-likeness (QED) is 0.534. The van der Waals surface area contributed by atoms with Crippen molar-refractivity contribution >= 4 is 33.2 Å². The van der Waals surface area contributed by atoms with Gasteiger partial charge in [-0.25, -0.2) is 17.9 Å². The number of carbonyl (C=O) groups excluding carboxylic acids is 2. The van der Waals surface area contributed by atoms with Crippen LogP contribution in [-0.2, 0) is 26.0 Å². The minimum Gasteiger partial charge on any atom is -0.497 e. The van der Waals surface area contributed by atoms with Crippen molar-refractivity contribution in [2.24, 2.45) is 0 Å². The molecule has 1 atom stereocenters. The molecular weight excluding hydrogens is 428 g/mol. The second kappa shape index (κ2) is 9.59. The number of hydrogen-bond donors (Lipinski definition) is 2. The van der Waals surface area contributed by atoms with Crippen molar-refractivity contribution < 1.29 is 27.5 Å². The second-order valence-corrected chi connectivity index (χ2v) is 9.54. The Morgan fingerprint density at radius 1 is 1.20 bits per heavy atom. The molecule has 1 heterocycles. The van der Waals surface area contributed by atoms with Gasteiger partial charge in [-0.1, -0.05) is 12.1 Å². The molecule has 1 aromatic heterocycles. The summed E-state index contributed by atoms with van der Waals surface area (Å²) in [6.45, 7) is 1.82. The predicted molar refractivity (Wildman–Crippen MR) is 112 cm³/mol. The molecule has 0 aliphatic heterocycles. The summed E-state index contributed by atoms with van der Waals surface area (Å²) in [4.78, 5) is 24.5. The molecule has 0 spiro atoms. The molecular formula is C20H24N2O6S2. The van der Waals surface area contributed by atoms with E-state index in [1.165, 1.54) is 18.4 Å². The van der Waals surface area contributed by atoms with Crippen molar-refractivity contribution in [1.82, 2.24) is 10.0 Å². The zero-order valence-electron chi connectivity index (χ0n) is 16.7. The molecule has 0 saturated heterocycles. The molecule has 0 bridgehead atoms. The van der Waals surface area contributed by atoms with Gasteiger partial charge in [0.05, 0.1) is 7.11 Å². The molecule has 1 fully saturated rings. The third-order valence-electron chi connectivity index (χ3n) is 4.53. The summed E-state index contributed by atoms with van der Waals surface area (Å²) in [5.74, 6) is -0.529. The predicted octanol–water partition coefficient (Wildman–Crippen LogP) is 2.10. The van der Waals surface area contributed by atoms with Gasteiger partial charge in [0.25, 0.3) is 5.91 Å². The molecule has 2 aromatic rings. The number of sulfonamides is 1. The van der Waals surface area contributed by atoms with E-state index >= 15 is 0 Å². The number of benzene rings is 1. The number of thiophene rings is 1. The van der Waals surface area contributed by atoms with E-state index in [0.717, 1.165) is 35.5 Å². The fourth-order valence-electron chi connectivity index (χ4n) is 2.68. The summed E-state index contributed by atoms with van der Waals surface area (Å²) in [5, 5.41) is 4.23. The summed E-state index contributed by atoms with van der Waals surface area (Å²) >= 11 is 0.968. The minimum atomic E-state index is -3.79. The lowest BCUT2D eigenvalue weighted by Gasteiger charge is -2.14. The maximum atomic E-state index is 12.4. The zero-order chi connectivity index (χ0) is 21.7. The largest absolute Gasteiger partial charge is 0.497 e. The Balaban J connectivity index is 1.51. The van der Waals surface area contributed by atoms with Crippen molar-refractivity contribution in [2.45, 2.75) is 43.2 Å². The van der Waals surface area contributed by atoms with E-state index in [1.54, 1.807) is 7.11 Å². The van der Waals surface area contributed by atoms with Gasteiger partial charge in [-0.3, -0.25) is 4.79 Å². The summed E-state index contributed by atoms with van der Waals surface area (Å²) in [6, 6.07) is 8.78. The zero-order valence-corrected chi connectivity index (χ0v) is 18.3. The number of rotatable bonds is 10. The highest BCUT2D eigenvalue weighted by Crippen LogP contribution is 2.27. The summed E-state index contributed by atoms with van der Waals surface area (Å²) in [7, 11) is -2.19. The van der Waals surface area contributed by atoms with E-state index in [-0.39, 0.29) is 15.8 Å². The Morgan fingerprint density at radius 3 is 2.53 bits per heavy atom. The van der Waals surface area contributed by atoms with Gasteiger partial charge in [-0.05, 0) is 55.3 Å². The van der Waals surface area contributed by atoms with E-state index in [4.69, 9.17) is 9.47 Å². The van der Waals surface area contributed by atoms with Gasteiger partial charge in [-0.2, -0.15) is 0 Å². The smallest absolute Gasteiger partial charge is 0.350 e. The highest BCUT2D eigenvalue weighted by molar-refractivity contribution is 7.89. The Kier molecular flexibility index (Phi) is 7.11. The topological polar surface area (TPSA) is 111 Å². The molecule has 1 saturated carbocycles. The van der Waals surface area contributed by atoms with Gasteiger partial charge in [-0.15, -0.1) is 11.3 Å². The summed E-state index contributed by atoms with van der Waals surface area (Å²) in [5.41, 5.74) is 1.03. The van der Waals surface area contributed by atoms with Crippen LogP contribution in [0.15, 0.2) is 40.6 Å². The fraction of sp³-hybridized carbons (Fsp3) is 0.400. The first kappa shape index (κ1) is 22.3.